The lowest BCUT2D eigenvalue weighted by Gasteiger charge is -2.21. The van der Waals surface area contributed by atoms with Crippen LogP contribution in [0.15, 0.2) is 91.0 Å². The number of carboxylic acid groups (broad SMARTS) is 1. The summed E-state index contributed by atoms with van der Waals surface area (Å²) in [5.74, 6) is -1.09. The van der Waals surface area contributed by atoms with Crippen LogP contribution in [0.3, 0.4) is 0 Å². The third-order valence-electron chi connectivity index (χ3n) is 6.83. The van der Waals surface area contributed by atoms with Crippen LogP contribution in [0.2, 0.25) is 0 Å². The molecule has 0 saturated heterocycles. The number of aromatic carboxylic acids is 1. The minimum absolute atomic E-state index is 0.103. The molecule has 0 aliphatic rings. The van der Waals surface area contributed by atoms with Crippen molar-refractivity contribution in [2.45, 2.75) is 13.2 Å². The average molecular weight is 550 g/mol. The van der Waals surface area contributed by atoms with E-state index in [1.807, 2.05) is 42.5 Å². The first-order chi connectivity index (χ1) is 19.4. The van der Waals surface area contributed by atoms with Crippen LogP contribution in [0.1, 0.15) is 21.6 Å². The Morgan fingerprint density at radius 3 is 2.27 bits per heavy atom. The molecule has 0 aliphatic carbocycles. The molecule has 40 heavy (non-hydrogen) atoms. The van der Waals surface area contributed by atoms with Crippen molar-refractivity contribution in [3.05, 3.63) is 108 Å². The van der Waals surface area contributed by atoms with Crippen LogP contribution in [0.4, 0.5) is 16.2 Å². The van der Waals surface area contributed by atoms with Gasteiger partial charge < -0.3 is 20.5 Å². The van der Waals surface area contributed by atoms with Crippen LogP contribution < -0.4 is 10.6 Å². The van der Waals surface area contributed by atoms with E-state index in [1.54, 1.807) is 53.1 Å². The summed E-state index contributed by atoms with van der Waals surface area (Å²) in [6.07, 6.45) is 0. The number of carbonyl (C=O) groups is 2. The highest BCUT2D eigenvalue weighted by Gasteiger charge is 2.26. The molecule has 0 saturated carbocycles. The predicted molar refractivity (Wildman–Crippen MR) is 155 cm³/mol. The number of primary amides is 1. The average Bonchev–Trinajstić information content (AvgIpc) is 3.56. The van der Waals surface area contributed by atoms with Crippen LogP contribution in [-0.2, 0) is 13.2 Å². The molecule has 0 atom stereocenters. The first kappa shape index (κ1) is 25.2. The number of aromatic nitrogens is 3. The van der Waals surface area contributed by atoms with Crippen molar-refractivity contribution in [3.8, 4) is 11.1 Å². The van der Waals surface area contributed by atoms with Gasteiger partial charge in [-0.3, -0.25) is 4.90 Å². The monoisotopic (exact) mass is 549 g/mol. The van der Waals surface area contributed by atoms with Crippen molar-refractivity contribution in [1.82, 2.24) is 13.3 Å². The molecule has 2 aromatic heterocycles. The first-order valence-corrected chi connectivity index (χ1v) is 13.1. The summed E-state index contributed by atoms with van der Waals surface area (Å²) >= 11 is 1.13. The maximum atomic E-state index is 12.9. The number of aliphatic hydroxyl groups is 1. The summed E-state index contributed by atoms with van der Waals surface area (Å²) in [6.45, 7) is 0.147. The van der Waals surface area contributed by atoms with E-state index in [1.165, 1.54) is 4.90 Å². The summed E-state index contributed by atoms with van der Waals surface area (Å²) in [5, 5.41) is 20.7. The number of fused-ring (bicyclic) bond motifs is 2. The lowest BCUT2D eigenvalue weighted by atomic mass is 10.00. The summed E-state index contributed by atoms with van der Waals surface area (Å²) in [5.41, 5.74) is 12.0. The van der Waals surface area contributed by atoms with Gasteiger partial charge in [-0.15, -0.1) is 0 Å². The number of carboxylic acids is 1. The third kappa shape index (κ3) is 4.45. The quantitative estimate of drug-likeness (QED) is 0.231. The van der Waals surface area contributed by atoms with E-state index in [0.717, 1.165) is 28.3 Å². The normalized spacial score (nSPS) is 11.2. The predicted octanol–water partition coefficient (Wildman–Crippen LogP) is 5.77. The number of aliphatic hydroxyl groups excluding tert-OH is 1. The molecule has 2 amide bonds. The zero-order valence-electron chi connectivity index (χ0n) is 21.1. The van der Waals surface area contributed by atoms with Gasteiger partial charge in [-0.25, -0.2) is 9.59 Å². The number of nitrogens with zero attached hydrogens (tertiary/aromatic N) is 4. The Kier molecular flexibility index (Phi) is 6.47. The standard InChI is InChI=1S/C30H23N5O4S/c31-30(39)35(21-4-2-1-3-5-21)22-11-13-26-23(15-22)27(20-9-6-18(17-36)7-10-20)28(29(37)38)34(26)16-19-8-12-24-25(14-19)33-40-32-24/h1-15,36H,16-17H2,(H2,31,39)(H,37,38). The second-order valence-corrected chi connectivity index (χ2v) is 9.80. The summed E-state index contributed by atoms with van der Waals surface area (Å²) in [6, 6.07) is 26.5. The van der Waals surface area contributed by atoms with Crippen molar-refractivity contribution >= 4 is 57.0 Å². The molecule has 4 N–H and O–H groups in total. The highest BCUT2D eigenvalue weighted by atomic mass is 32.1. The van der Waals surface area contributed by atoms with E-state index in [0.29, 0.717) is 39.0 Å². The minimum Gasteiger partial charge on any atom is -0.477 e. The Morgan fingerprint density at radius 1 is 0.850 bits per heavy atom. The molecule has 0 spiro atoms. The minimum atomic E-state index is -1.09. The van der Waals surface area contributed by atoms with E-state index >= 15 is 0 Å². The Labute approximate surface area is 232 Å². The number of amides is 2. The van der Waals surface area contributed by atoms with Crippen molar-refractivity contribution in [2.24, 2.45) is 5.73 Å². The van der Waals surface area contributed by atoms with Crippen molar-refractivity contribution < 1.29 is 19.8 Å². The number of benzene rings is 4. The lowest BCUT2D eigenvalue weighted by Crippen LogP contribution is -2.31. The van der Waals surface area contributed by atoms with Gasteiger partial charge in [0.25, 0.3) is 0 Å². The molecule has 0 aliphatic heterocycles. The second kappa shape index (κ2) is 10.3. The third-order valence-corrected chi connectivity index (χ3v) is 7.38. The van der Waals surface area contributed by atoms with Gasteiger partial charge in [0.1, 0.15) is 16.7 Å². The molecule has 6 aromatic rings. The molecule has 10 heteroatoms. The van der Waals surface area contributed by atoms with Gasteiger partial charge in [-0.2, -0.15) is 8.75 Å². The highest BCUT2D eigenvalue weighted by Crippen LogP contribution is 2.39. The number of rotatable bonds is 7. The smallest absolute Gasteiger partial charge is 0.353 e. The fourth-order valence-corrected chi connectivity index (χ4v) is 5.54. The van der Waals surface area contributed by atoms with Crippen LogP contribution in [0.5, 0.6) is 0 Å². The zero-order valence-corrected chi connectivity index (χ0v) is 21.9. The zero-order chi connectivity index (χ0) is 27.8. The second-order valence-electron chi connectivity index (χ2n) is 9.27. The van der Waals surface area contributed by atoms with Gasteiger partial charge in [-0.05, 0) is 59.2 Å². The van der Waals surface area contributed by atoms with E-state index < -0.39 is 12.0 Å². The fourth-order valence-electron chi connectivity index (χ4n) is 5.03. The molecule has 0 fully saturated rings. The highest BCUT2D eigenvalue weighted by molar-refractivity contribution is 7.00. The maximum absolute atomic E-state index is 12.9. The lowest BCUT2D eigenvalue weighted by molar-refractivity contribution is 0.0687. The number of hydrogen-bond acceptors (Lipinski definition) is 6. The molecule has 9 nitrogen and oxygen atoms in total. The van der Waals surface area contributed by atoms with Gasteiger partial charge >= 0.3 is 12.0 Å². The molecule has 2 heterocycles. The number of anilines is 2. The van der Waals surface area contributed by atoms with Gasteiger partial charge in [-0.1, -0.05) is 48.5 Å². The molecule has 0 radical (unpaired) electrons. The number of hydrogen-bond donors (Lipinski definition) is 3. The Balaban J connectivity index is 1.60. The molecule has 198 valence electrons. The number of para-hydroxylation sites is 1. The summed E-state index contributed by atoms with van der Waals surface area (Å²) in [7, 11) is 0. The molecule has 4 aromatic carbocycles. The maximum Gasteiger partial charge on any atom is 0.353 e. The van der Waals surface area contributed by atoms with Gasteiger partial charge in [0.05, 0.1) is 29.7 Å². The fraction of sp³-hybridized carbons (Fsp3) is 0.0667. The molecular formula is C30H23N5O4S. The Hall–Kier alpha value is -5.06. The number of nitrogens with two attached hydrogens (primary N) is 1. The molecular weight excluding hydrogens is 526 g/mol. The van der Waals surface area contributed by atoms with E-state index in [2.05, 4.69) is 8.75 Å². The first-order valence-electron chi connectivity index (χ1n) is 12.4. The van der Waals surface area contributed by atoms with Crippen molar-refractivity contribution in [2.75, 3.05) is 4.90 Å². The SMILES string of the molecule is NC(=O)N(c1ccccc1)c1ccc2c(c1)c(-c1ccc(CO)cc1)c(C(=O)O)n2Cc1ccc2nsnc2c1. The largest absolute Gasteiger partial charge is 0.477 e. The van der Waals surface area contributed by atoms with Crippen LogP contribution in [0, 0.1) is 0 Å². The van der Waals surface area contributed by atoms with Crippen LogP contribution >= 0.6 is 11.7 Å². The van der Waals surface area contributed by atoms with Crippen molar-refractivity contribution in [1.29, 1.82) is 0 Å². The topological polar surface area (TPSA) is 135 Å². The van der Waals surface area contributed by atoms with E-state index in [9.17, 15) is 19.8 Å². The van der Waals surface area contributed by atoms with Gasteiger partial charge in [0.2, 0.25) is 0 Å². The van der Waals surface area contributed by atoms with E-state index in [4.69, 9.17) is 5.73 Å². The van der Waals surface area contributed by atoms with E-state index in [-0.39, 0.29) is 18.8 Å². The summed E-state index contributed by atoms with van der Waals surface area (Å²) in [4.78, 5) is 26.8. The van der Waals surface area contributed by atoms with Crippen LogP contribution in [0.25, 0.3) is 33.1 Å². The number of carbonyl (C=O) groups excluding carboxylic acids is 1. The molecule has 0 bridgehead atoms. The number of urea groups is 1. The van der Waals surface area contributed by atoms with Crippen LogP contribution in [-0.4, -0.2) is 35.5 Å². The van der Waals surface area contributed by atoms with Crippen molar-refractivity contribution in [3.63, 3.8) is 0 Å². The van der Waals surface area contributed by atoms with Gasteiger partial charge in [0.15, 0.2) is 0 Å². The molecule has 0 unspecified atom stereocenters. The summed E-state index contributed by atoms with van der Waals surface area (Å²) < 4.78 is 10.3. The molecule has 6 rings (SSSR count). The van der Waals surface area contributed by atoms with Gasteiger partial charge in [0, 0.05) is 23.0 Å². The Bertz CT molecular complexity index is 1880. The Morgan fingerprint density at radius 2 is 1.57 bits per heavy atom.